The number of hydrogen-bond acceptors (Lipinski definition) is 4. The van der Waals surface area contributed by atoms with E-state index in [9.17, 15) is 9.59 Å². The number of amides is 2. The number of fused-ring (bicyclic) bond motifs is 2. The van der Waals surface area contributed by atoms with Gasteiger partial charge in [0.1, 0.15) is 18.1 Å². The quantitative estimate of drug-likeness (QED) is 0.476. The highest BCUT2D eigenvalue weighted by molar-refractivity contribution is 6.06. The van der Waals surface area contributed by atoms with Crippen molar-refractivity contribution in [3.63, 3.8) is 0 Å². The van der Waals surface area contributed by atoms with Gasteiger partial charge in [0.2, 0.25) is 5.91 Å². The summed E-state index contributed by atoms with van der Waals surface area (Å²) >= 11 is 0. The van der Waals surface area contributed by atoms with Crippen LogP contribution in [0.15, 0.2) is 72.8 Å². The zero-order chi connectivity index (χ0) is 23.7. The summed E-state index contributed by atoms with van der Waals surface area (Å²) in [5.41, 5.74) is 4.53. The lowest BCUT2D eigenvalue weighted by Gasteiger charge is -2.32. The number of aryl methyl sites for hydroxylation is 3. The Morgan fingerprint density at radius 1 is 1.03 bits per heavy atom. The summed E-state index contributed by atoms with van der Waals surface area (Å²) in [5, 5.41) is 2.93. The summed E-state index contributed by atoms with van der Waals surface area (Å²) in [6.45, 7) is 1.62. The maximum atomic E-state index is 12.8. The van der Waals surface area contributed by atoms with Gasteiger partial charge in [-0.1, -0.05) is 36.4 Å². The van der Waals surface area contributed by atoms with E-state index in [2.05, 4.69) is 16.0 Å². The van der Waals surface area contributed by atoms with Crippen LogP contribution in [-0.4, -0.2) is 34.0 Å². The van der Waals surface area contributed by atoms with E-state index in [1.54, 1.807) is 19.1 Å². The van der Waals surface area contributed by atoms with Gasteiger partial charge >= 0.3 is 0 Å². The minimum atomic E-state index is -0.631. The molecule has 1 N–H and O–H groups in total. The number of hydrogen-bond donors (Lipinski definition) is 1. The van der Waals surface area contributed by atoms with Gasteiger partial charge in [0.15, 0.2) is 6.10 Å². The van der Waals surface area contributed by atoms with Crippen molar-refractivity contribution < 1.29 is 14.3 Å². The Morgan fingerprint density at radius 2 is 1.82 bits per heavy atom. The molecule has 0 saturated carbocycles. The molecule has 5 rings (SSSR count). The standard InChI is InChI=1S/C27H26N4O3/c1-18-27(33)31(23-12-5-6-13-24(23)34-18)17-26(32)28-20-9-7-8-19(16-20)14-15-25-29-21-10-3-4-11-22(21)30(25)2/h3-13,16,18H,14-15,17H2,1-2H3,(H,28,32)/t18-/m1/s1. The summed E-state index contributed by atoms with van der Waals surface area (Å²) in [7, 11) is 2.03. The Kier molecular flexibility index (Phi) is 5.76. The molecular formula is C27H26N4O3. The minimum Gasteiger partial charge on any atom is -0.479 e. The predicted molar refractivity (Wildman–Crippen MR) is 132 cm³/mol. The fourth-order valence-corrected chi connectivity index (χ4v) is 4.35. The van der Waals surface area contributed by atoms with E-state index in [-0.39, 0.29) is 18.4 Å². The number of benzene rings is 3. The van der Waals surface area contributed by atoms with Gasteiger partial charge in [0.05, 0.1) is 16.7 Å². The Bertz CT molecular complexity index is 1380. The second kappa shape index (κ2) is 9.02. The van der Waals surface area contributed by atoms with Crippen molar-refractivity contribution in [2.24, 2.45) is 7.05 Å². The fourth-order valence-electron chi connectivity index (χ4n) is 4.35. The highest BCUT2D eigenvalue weighted by atomic mass is 16.5. The lowest BCUT2D eigenvalue weighted by Crippen LogP contribution is -2.47. The summed E-state index contributed by atoms with van der Waals surface area (Å²) in [6.07, 6.45) is 0.960. The fraction of sp³-hybridized carbons (Fsp3) is 0.222. The zero-order valence-corrected chi connectivity index (χ0v) is 19.2. The normalized spacial score (nSPS) is 15.2. The molecule has 0 radical (unpaired) electrons. The van der Waals surface area contributed by atoms with Gasteiger partial charge in [0, 0.05) is 19.2 Å². The van der Waals surface area contributed by atoms with Crippen molar-refractivity contribution in [2.75, 3.05) is 16.8 Å². The number of para-hydroxylation sites is 4. The molecule has 34 heavy (non-hydrogen) atoms. The monoisotopic (exact) mass is 454 g/mol. The van der Waals surface area contributed by atoms with Crippen LogP contribution in [-0.2, 0) is 29.5 Å². The summed E-state index contributed by atoms with van der Waals surface area (Å²) < 4.78 is 7.78. The smallest absolute Gasteiger partial charge is 0.268 e. The van der Waals surface area contributed by atoms with E-state index < -0.39 is 6.10 Å². The molecule has 0 saturated heterocycles. The van der Waals surface area contributed by atoms with Crippen molar-refractivity contribution in [3.05, 3.63) is 84.2 Å². The number of rotatable bonds is 6. The predicted octanol–water partition coefficient (Wildman–Crippen LogP) is 4.11. The van der Waals surface area contributed by atoms with Crippen LogP contribution >= 0.6 is 0 Å². The van der Waals surface area contributed by atoms with Crippen LogP contribution in [0.3, 0.4) is 0 Å². The summed E-state index contributed by atoms with van der Waals surface area (Å²) in [6, 6.07) is 23.2. The average Bonchev–Trinajstić information content (AvgIpc) is 3.16. The third kappa shape index (κ3) is 4.24. The van der Waals surface area contributed by atoms with Gasteiger partial charge in [-0.05, 0) is 55.3 Å². The molecule has 2 heterocycles. The van der Waals surface area contributed by atoms with Gasteiger partial charge in [0.25, 0.3) is 5.91 Å². The van der Waals surface area contributed by atoms with Crippen molar-refractivity contribution in [2.45, 2.75) is 25.9 Å². The molecule has 3 aromatic carbocycles. The Labute approximate surface area is 198 Å². The third-order valence-electron chi connectivity index (χ3n) is 6.10. The van der Waals surface area contributed by atoms with Crippen LogP contribution < -0.4 is 15.0 Å². The van der Waals surface area contributed by atoms with E-state index in [1.165, 1.54) is 4.90 Å². The van der Waals surface area contributed by atoms with Gasteiger partial charge in [-0.15, -0.1) is 0 Å². The molecule has 1 aliphatic heterocycles. The number of anilines is 2. The molecular weight excluding hydrogens is 428 g/mol. The molecule has 172 valence electrons. The number of nitrogens with zero attached hydrogens (tertiary/aromatic N) is 3. The Morgan fingerprint density at radius 3 is 2.68 bits per heavy atom. The van der Waals surface area contributed by atoms with Gasteiger partial charge in [-0.3, -0.25) is 14.5 Å². The van der Waals surface area contributed by atoms with Crippen LogP contribution in [0.25, 0.3) is 11.0 Å². The molecule has 0 aliphatic carbocycles. The van der Waals surface area contributed by atoms with Crippen LogP contribution in [0.4, 0.5) is 11.4 Å². The molecule has 1 aliphatic rings. The van der Waals surface area contributed by atoms with Crippen molar-refractivity contribution in [1.82, 2.24) is 9.55 Å². The number of carbonyl (C=O) groups is 2. The molecule has 1 aromatic heterocycles. The average molecular weight is 455 g/mol. The lowest BCUT2D eigenvalue weighted by atomic mass is 10.1. The maximum absolute atomic E-state index is 12.8. The molecule has 0 unspecified atom stereocenters. The Balaban J connectivity index is 1.25. The second-order valence-electron chi connectivity index (χ2n) is 8.48. The van der Waals surface area contributed by atoms with E-state index >= 15 is 0 Å². The molecule has 7 nitrogen and oxygen atoms in total. The topological polar surface area (TPSA) is 76.5 Å². The number of imidazole rings is 1. The maximum Gasteiger partial charge on any atom is 0.268 e. The van der Waals surface area contributed by atoms with Crippen molar-refractivity contribution in [1.29, 1.82) is 0 Å². The highest BCUT2D eigenvalue weighted by Crippen LogP contribution is 2.33. The van der Waals surface area contributed by atoms with Crippen LogP contribution in [0, 0.1) is 0 Å². The first kappa shape index (κ1) is 21.7. The van der Waals surface area contributed by atoms with Gasteiger partial charge < -0.3 is 14.6 Å². The molecule has 0 spiro atoms. The van der Waals surface area contributed by atoms with Crippen LogP contribution in [0.1, 0.15) is 18.3 Å². The number of aromatic nitrogens is 2. The highest BCUT2D eigenvalue weighted by Gasteiger charge is 2.32. The number of nitrogens with one attached hydrogen (secondary N) is 1. The number of ether oxygens (including phenoxy) is 1. The van der Waals surface area contributed by atoms with Crippen LogP contribution in [0.5, 0.6) is 5.75 Å². The van der Waals surface area contributed by atoms with Crippen molar-refractivity contribution in [3.8, 4) is 5.75 Å². The van der Waals surface area contributed by atoms with Gasteiger partial charge in [-0.2, -0.15) is 0 Å². The molecule has 0 fully saturated rings. The Hall–Kier alpha value is -4.13. The zero-order valence-electron chi connectivity index (χ0n) is 19.2. The number of carbonyl (C=O) groups excluding carboxylic acids is 2. The van der Waals surface area contributed by atoms with E-state index in [1.807, 2.05) is 61.6 Å². The minimum absolute atomic E-state index is 0.0758. The second-order valence-corrected chi connectivity index (χ2v) is 8.48. The molecule has 0 bridgehead atoms. The van der Waals surface area contributed by atoms with Crippen molar-refractivity contribution >= 4 is 34.2 Å². The first-order valence-corrected chi connectivity index (χ1v) is 11.4. The first-order valence-electron chi connectivity index (χ1n) is 11.4. The third-order valence-corrected chi connectivity index (χ3v) is 6.10. The molecule has 7 heteroatoms. The summed E-state index contributed by atoms with van der Waals surface area (Å²) in [4.78, 5) is 31.7. The van der Waals surface area contributed by atoms with E-state index in [0.29, 0.717) is 17.1 Å². The van der Waals surface area contributed by atoms with E-state index in [4.69, 9.17) is 9.72 Å². The van der Waals surface area contributed by atoms with Gasteiger partial charge in [-0.25, -0.2) is 4.98 Å². The molecule has 2 amide bonds. The SMILES string of the molecule is C[C@H]1Oc2ccccc2N(CC(=O)Nc2cccc(CCc3nc4ccccc4n3C)c2)C1=O. The lowest BCUT2D eigenvalue weighted by molar-refractivity contribution is -0.127. The first-order chi connectivity index (χ1) is 16.5. The summed E-state index contributed by atoms with van der Waals surface area (Å²) in [5.74, 6) is 1.13. The van der Waals surface area contributed by atoms with E-state index in [0.717, 1.165) is 35.3 Å². The largest absolute Gasteiger partial charge is 0.479 e. The molecule has 4 aromatic rings. The van der Waals surface area contributed by atoms with Crippen LogP contribution in [0.2, 0.25) is 0 Å². The molecule has 1 atom stereocenters.